The van der Waals surface area contributed by atoms with Crippen molar-refractivity contribution >= 4 is 11.8 Å². The van der Waals surface area contributed by atoms with Crippen molar-refractivity contribution in [3.8, 4) is 0 Å². The summed E-state index contributed by atoms with van der Waals surface area (Å²) in [6.07, 6.45) is 4.53. The third-order valence-corrected chi connectivity index (χ3v) is 4.48. The van der Waals surface area contributed by atoms with E-state index in [4.69, 9.17) is 0 Å². The van der Waals surface area contributed by atoms with Crippen molar-refractivity contribution in [2.45, 2.75) is 65.0 Å². The fourth-order valence-corrected chi connectivity index (χ4v) is 3.33. The van der Waals surface area contributed by atoms with Gasteiger partial charge in [-0.3, -0.25) is 9.59 Å². The molecule has 0 radical (unpaired) electrons. The lowest BCUT2D eigenvalue weighted by atomic mass is 9.86. The first kappa shape index (κ1) is 13.4. The van der Waals surface area contributed by atoms with Crippen LogP contribution in [0.2, 0.25) is 0 Å². The van der Waals surface area contributed by atoms with Gasteiger partial charge in [-0.1, -0.05) is 27.2 Å². The van der Waals surface area contributed by atoms with Crippen LogP contribution in [0.15, 0.2) is 0 Å². The van der Waals surface area contributed by atoms with E-state index in [9.17, 15) is 9.59 Å². The smallest absolute Gasteiger partial charge is 0.245 e. The van der Waals surface area contributed by atoms with Gasteiger partial charge >= 0.3 is 0 Å². The zero-order chi connectivity index (χ0) is 13.3. The molecule has 0 aromatic rings. The summed E-state index contributed by atoms with van der Waals surface area (Å²) in [6, 6.07) is -0.0249. The Morgan fingerprint density at radius 3 is 2.67 bits per heavy atom. The minimum atomic E-state index is -0.323. The number of rotatable bonds is 2. The molecule has 102 valence electrons. The summed E-state index contributed by atoms with van der Waals surface area (Å²) < 4.78 is 0. The molecule has 0 spiro atoms. The summed E-state index contributed by atoms with van der Waals surface area (Å²) in [5, 5.41) is 2.83. The Morgan fingerprint density at radius 1 is 1.39 bits per heavy atom. The van der Waals surface area contributed by atoms with E-state index in [1.807, 2.05) is 11.8 Å². The lowest BCUT2D eigenvalue weighted by Crippen LogP contribution is -2.51. The topological polar surface area (TPSA) is 49.4 Å². The van der Waals surface area contributed by atoms with Gasteiger partial charge in [0.1, 0.15) is 6.04 Å². The first-order valence-corrected chi connectivity index (χ1v) is 7.05. The van der Waals surface area contributed by atoms with Crippen LogP contribution in [-0.2, 0) is 9.59 Å². The molecule has 2 rings (SSSR count). The molecule has 1 aliphatic carbocycles. The second kappa shape index (κ2) is 4.90. The van der Waals surface area contributed by atoms with E-state index in [2.05, 4.69) is 19.2 Å². The van der Waals surface area contributed by atoms with Gasteiger partial charge in [0.15, 0.2) is 0 Å². The van der Waals surface area contributed by atoms with E-state index in [1.54, 1.807) is 0 Å². The first-order valence-electron chi connectivity index (χ1n) is 7.05. The van der Waals surface area contributed by atoms with Gasteiger partial charge in [-0.25, -0.2) is 0 Å². The first-order chi connectivity index (χ1) is 8.45. The van der Waals surface area contributed by atoms with Crippen LogP contribution >= 0.6 is 0 Å². The van der Waals surface area contributed by atoms with Crippen molar-refractivity contribution in [1.29, 1.82) is 0 Å². The largest absolute Gasteiger partial charge is 0.344 e. The normalized spacial score (nSPS) is 32.3. The maximum atomic E-state index is 12.5. The van der Waals surface area contributed by atoms with Crippen molar-refractivity contribution in [3.63, 3.8) is 0 Å². The number of hydrogen-bond donors (Lipinski definition) is 1. The zero-order valence-electron chi connectivity index (χ0n) is 11.7. The highest BCUT2D eigenvalue weighted by Gasteiger charge is 2.42. The zero-order valence-corrected chi connectivity index (χ0v) is 11.7. The molecule has 0 aromatic carbocycles. The van der Waals surface area contributed by atoms with Crippen LogP contribution in [0.1, 0.15) is 52.9 Å². The van der Waals surface area contributed by atoms with Gasteiger partial charge in [-0.2, -0.15) is 0 Å². The summed E-state index contributed by atoms with van der Waals surface area (Å²) in [7, 11) is 0. The van der Waals surface area contributed by atoms with Gasteiger partial charge in [0, 0.05) is 19.0 Å². The predicted octanol–water partition coefficient (Wildman–Crippen LogP) is 1.69. The fraction of sp³-hybridized carbons (Fsp3) is 0.857. The van der Waals surface area contributed by atoms with Crippen LogP contribution in [0, 0.1) is 5.41 Å². The van der Waals surface area contributed by atoms with E-state index < -0.39 is 0 Å². The molecule has 1 heterocycles. The van der Waals surface area contributed by atoms with E-state index >= 15 is 0 Å². The summed E-state index contributed by atoms with van der Waals surface area (Å²) in [6.45, 7) is 7.00. The van der Waals surface area contributed by atoms with Gasteiger partial charge in [0.05, 0.1) is 0 Å². The lowest BCUT2D eigenvalue weighted by molar-refractivity contribution is -0.137. The molecule has 0 bridgehead atoms. The van der Waals surface area contributed by atoms with Crippen LogP contribution in [-0.4, -0.2) is 35.3 Å². The lowest BCUT2D eigenvalue weighted by Gasteiger charge is -2.38. The highest BCUT2D eigenvalue weighted by molar-refractivity contribution is 5.90. The molecular weight excluding hydrogens is 228 g/mol. The third kappa shape index (κ3) is 2.38. The Kier molecular flexibility index (Phi) is 3.64. The van der Waals surface area contributed by atoms with Crippen molar-refractivity contribution in [2.75, 3.05) is 6.54 Å². The monoisotopic (exact) mass is 252 g/mol. The second-order valence-corrected chi connectivity index (χ2v) is 6.21. The van der Waals surface area contributed by atoms with Crippen molar-refractivity contribution in [2.24, 2.45) is 5.41 Å². The highest BCUT2D eigenvalue weighted by Crippen LogP contribution is 2.41. The predicted molar refractivity (Wildman–Crippen MR) is 70.0 cm³/mol. The van der Waals surface area contributed by atoms with Gasteiger partial charge < -0.3 is 10.2 Å². The molecule has 2 fully saturated rings. The van der Waals surface area contributed by atoms with Crippen molar-refractivity contribution in [1.82, 2.24) is 10.2 Å². The standard InChI is InChI=1S/C14H24N2O2/c1-4-10-13(18)16(9-7-12(17)15-10)11-6-5-8-14(11,2)3/h10-11H,4-9H2,1-3H3,(H,15,17). The van der Waals surface area contributed by atoms with Crippen LogP contribution in [0.3, 0.4) is 0 Å². The third-order valence-electron chi connectivity index (χ3n) is 4.48. The van der Waals surface area contributed by atoms with E-state index in [1.165, 1.54) is 12.8 Å². The Labute approximate surface area is 109 Å². The Morgan fingerprint density at radius 2 is 2.11 bits per heavy atom. The number of amides is 2. The van der Waals surface area contributed by atoms with Crippen LogP contribution in [0.5, 0.6) is 0 Å². The molecule has 2 amide bonds. The molecule has 0 aromatic heterocycles. The molecule has 1 saturated carbocycles. The molecule has 1 N–H and O–H groups in total. The minimum Gasteiger partial charge on any atom is -0.344 e. The van der Waals surface area contributed by atoms with Crippen molar-refractivity contribution in [3.05, 3.63) is 0 Å². The molecule has 1 saturated heterocycles. The van der Waals surface area contributed by atoms with Gasteiger partial charge in [-0.05, 0) is 24.7 Å². The second-order valence-electron chi connectivity index (χ2n) is 6.21. The van der Waals surface area contributed by atoms with E-state index in [0.29, 0.717) is 25.4 Å². The van der Waals surface area contributed by atoms with Crippen LogP contribution < -0.4 is 5.32 Å². The maximum Gasteiger partial charge on any atom is 0.245 e. The summed E-state index contributed by atoms with van der Waals surface area (Å²) in [5.74, 6) is 0.122. The van der Waals surface area contributed by atoms with Gasteiger partial charge in [0.2, 0.25) is 11.8 Å². The molecule has 1 aliphatic heterocycles. The fourth-order valence-electron chi connectivity index (χ4n) is 3.33. The molecule has 4 heteroatoms. The number of carbonyl (C=O) groups is 2. The molecule has 2 atom stereocenters. The molecule has 2 unspecified atom stereocenters. The Bertz CT molecular complexity index is 352. The number of nitrogens with one attached hydrogen (secondary N) is 1. The molecule has 2 aliphatic rings. The average molecular weight is 252 g/mol. The summed E-state index contributed by atoms with van der Waals surface area (Å²) in [4.78, 5) is 26.1. The Hall–Kier alpha value is -1.06. The Balaban J connectivity index is 2.20. The summed E-state index contributed by atoms with van der Waals surface area (Å²) in [5.41, 5.74) is 0.182. The number of nitrogens with zero attached hydrogens (tertiary/aromatic N) is 1. The molecule has 4 nitrogen and oxygen atoms in total. The van der Waals surface area contributed by atoms with Crippen LogP contribution in [0.25, 0.3) is 0 Å². The molecular formula is C14H24N2O2. The maximum absolute atomic E-state index is 12.5. The van der Waals surface area contributed by atoms with E-state index in [-0.39, 0.29) is 23.3 Å². The highest BCUT2D eigenvalue weighted by atomic mass is 16.2. The SMILES string of the molecule is CCC1NC(=O)CCN(C2CCCC2(C)C)C1=O. The van der Waals surface area contributed by atoms with Crippen molar-refractivity contribution < 1.29 is 9.59 Å². The van der Waals surface area contributed by atoms with Gasteiger partial charge in [-0.15, -0.1) is 0 Å². The van der Waals surface area contributed by atoms with Crippen LogP contribution in [0.4, 0.5) is 0 Å². The van der Waals surface area contributed by atoms with Gasteiger partial charge in [0.25, 0.3) is 0 Å². The number of carbonyl (C=O) groups excluding carboxylic acids is 2. The summed E-state index contributed by atoms with van der Waals surface area (Å²) >= 11 is 0. The van der Waals surface area contributed by atoms with E-state index in [0.717, 1.165) is 6.42 Å². The molecule has 18 heavy (non-hydrogen) atoms. The minimum absolute atomic E-state index is 0.00787. The quantitative estimate of drug-likeness (QED) is 0.813. The number of hydrogen-bond acceptors (Lipinski definition) is 2. The average Bonchev–Trinajstić information content (AvgIpc) is 2.59.